The van der Waals surface area contributed by atoms with Crippen LogP contribution in [-0.4, -0.2) is 24.3 Å². The largest absolute Gasteiger partial charge is 0.490 e. The van der Waals surface area contributed by atoms with Gasteiger partial charge in [0, 0.05) is 19.6 Å². The number of halogens is 3. The minimum absolute atomic E-state index is 0.340. The predicted molar refractivity (Wildman–Crippen MR) is 91.7 cm³/mol. The van der Waals surface area contributed by atoms with Gasteiger partial charge >= 0.3 is 12.1 Å². The van der Waals surface area contributed by atoms with Crippen molar-refractivity contribution in [2.45, 2.75) is 25.8 Å². The summed E-state index contributed by atoms with van der Waals surface area (Å²) in [5.41, 5.74) is 0. The second-order valence-corrected chi connectivity index (χ2v) is 7.19. The van der Waals surface area contributed by atoms with Crippen LogP contribution in [0.3, 0.4) is 0 Å². The number of rotatable bonds is 6. The third-order valence-electron chi connectivity index (χ3n) is 2.64. The van der Waals surface area contributed by atoms with Crippen LogP contribution >= 0.6 is 35.3 Å². The molecule has 2 aromatic carbocycles. The normalized spacial score (nSPS) is 13.2. The van der Waals surface area contributed by atoms with Crippen LogP contribution in [-0.2, 0) is 9.53 Å². The van der Waals surface area contributed by atoms with Crippen LogP contribution in [0, 0.1) is 0 Å². The smallest absolute Gasteiger partial charge is 0.448 e. The van der Waals surface area contributed by atoms with E-state index < -0.39 is 18.0 Å². The Morgan fingerprint density at radius 2 is 1.46 bits per heavy atom. The highest BCUT2D eigenvalue weighted by Crippen LogP contribution is 2.31. The molecule has 0 fully saturated rings. The highest BCUT2D eigenvalue weighted by atomic mass is 32.2. The number of carbonyl (C=O) groups is 1. The van der Waals surface area contributed by atoms with Crippen molar-refractivity contribution in [2.24, 2.45) is 0 Å². The first-order valence-corrected chi connectivity index (χ1v) is 9.36. The molecule has 0 atom stereocenters. The standard InChI is InChI=1S/C16H13F3O2S3/c1-22-11-2-6-13(7-3-11)24-14-8-4-12(5-9-14)23-10-21-15(20)16(17,18)19/h2-9H,10H2,1H3/i10D2. The molecule has 0 aliphatic rings. The number of alkyl halides is 3. The lowest BCUT2D eigenvalue weighted by atomic mass is 10.4. The summed E-state index contributed by atoms with van der Waals surface area (Å²) in [6, 6.07) is 14.5. The summed E-state index contributed by atoms with van der Waals surface area (Å²) in [7, 11) is 0. The van der Waals surface area contributed by atoms with E-state index >= 15 is 0 Å². The van der Waals surface area contributed by atoms with Crippen LogP contribution in [0.2, 0.25) is 0 Å². The van der Waals surface area contributed by atoms with Crippen molar-refractivity contribution < 1.29 is 25.4 Å². The third-order valence-corrected chi connectivity index (χ3v) is 5.08. The van der Waals surface area contributed by atoms with Crippen molar-refractivity contribution in [1.82, 2.24) is 0 Å². The molecule has 8 heteroatoms. The maximum Gasteiger partial charge on any atom is 0.490 e. The minimum Gasteiger partial charge on any atom is -0.448 e. The van der Waals surface area contributed by atoms with Crippen molar-refractivity contribution in [3.63, 3.8) is 0 Å². The molecule has 0 bridgehead atoms. The average molecular weight is 392 g/mol. The minimum atomic E-state index is -5.24. The molecule has 2 nitrogen and oxygen atoms in total. The Bertz CT molecular complexity index is 751. The van der Waals surface area contributed by atoms with Gasteiger partial charge in [-0.25, -0.2) is 4.79 Å². The number of hydrogen-bond donors (Lipinski definition) is 0. The Labute approximate surface area is 153 Å². The summed E-state index contributed by atoms with van der Waals surface area (Å²) < 4.78 is 55.2. The third kappa shape index (κ3) is 5.99. The maximum absolute atomic E-state index is 12.2. The zero-order chi connectivity index (χ0) is 19.4. The van der Waals surface area contributed by atoms with Gasteiger partial charge in [-0.1, -0.05) is 23.5 Å². The summed E-state index contributed by atoms with van der Waals surface area (Å²) in [6.45, 7) is 0. The van der Waals surface area contributed by atoms with E-state index in [1.165, 1.54) is 11.8 Å². The lowest BCUT2D eigenvalue weighted by molar-refractivity contribution is -0.197. The SMILES string of the molecule is [2H]C([2H])(OC(=O)C(F)(F)F)Sc1ccc(Sc2ccc(SC)cc2)cc1. The molecular formula is C16H13F3O2S3. The Morgan fingerprint density at radius 1 is 1.00 bits per heavy atom. The molecule has 0 aromatic heterocycles. The molecule has 0 heterocycles. The van der Waals surface area contributed by atoms with Crippen molar-refractivity contribution in [2.75, 3.05) is 12.1 Å². The molecule has 0 saturated heterocycles. The summed E-state index contributed by atoms with van der Waals surface area (Å²) >= 11 is 3.53. The molecule has 0 radical (unpaired) electrons. The zero-order valence-corrected chi connectivity index (χ0v) is 14.7. The molecular weight excluding hydrogens is 377 g/mol. The van der Waals surface area contributed by atoms with Crippen molar-refractivity contribution in [3.8, 4) is 0 Å². The number of thioether (sulfide) groups is 2. The highest BCUT2D eigenvalue weighted by Gasteiger charge is 2.40. The molecule has 0 spiro atoms. The van der Waals surface area contributed by atoms with Crippen LogP contribution in [0.1, 0.15) is 2.74 Å². The molecule has 0 amide bonds. The average Bonchev–Trinajstić information content (AvgIpc) is 2.56. The number of carbonyl (C=O) groups excluding carboxylic acids is 1. The first-order valence-electron chi connectivity index (χ1n) is 7.50. The van der Waals surface area contributed by atoms with E-state index in [-0.39, 0.29) is 0 Å². The fraction of sp³-hybridized carbons (Fsp3) is 0.188. The lowest BCUT2D eigenvalue weighted by Gasteiger charge is -2.07. The Morgan fingerprint density at radius 3 is 1.92 bits per heavy atom. The molecule has 2 rings (SSSR count). The van der Waals surface area contributed by atoms with Gasteiger partial charge in [-0.15, -0.1) is 11.8 Å². The Kier molecular flexibility index (Phi) is 5.90. The van der Waals surface area contributed by atoms with Gasteiger partial charge in [0.05, 0.1) is 2.74 Å². The number of benzene rings is 2. The van der Waals surface area contributed by atoms with E-state index in [2.05, 4.69) is 4.74 Å². The fourth-order valence-electron chi connectivity index (χ4n) is 1.52. The van der Waals surface area contributed by atoms with Gasteiger partial charge in [0.25, 0.3) is 0 Å². The first kappa shape index (κ1) is 16.2. The highest BCUT2D eigenvalue weighted by molar-refractivity contribution is 7.99. The fourth-order valence-corrected chi connectivity index (χ4v) is 3.23. The van der Waals surface area contributed by atoms with Gasteiger partial charge in [-0.2, -0.15) is 13.2 Å². The van der Waals surface area contributed by atoms with Crippen molar-refractivity contribution in [3.05, 3.63) is 48.5 Å². The van der Waals surface area contributed by atoms with Crippen LogP contribution < -0.4 is 0 Å². The second kappa shape index (κ2) is 8.73. The van der Waals surface area contributed by atoms with Gasteiger partial charge in [0.1, 0.15) is 5.89 Å². The number of esters is 1. The number of ether oxygens (including phenoxy) is 1. The predicted octanol–water partition coefficient (Wildman–Crippen LogP) is 5.71. The van der Waals surface area contributed by atoms with E-state index in [0.29, 0.717) is 16.7 Å². The van der Waals surface area contributed by atoms with Crippen LogP contribution in [0.4, 0.5) is 13.2 Å². The molecule has 0 saturated carbocycles. The Hall–Kier alpha value is -1.25. The molecule has 0 aliphatic carbocycles. The van der Waals surface area contributed by atoms with Crippen LogP contribution in [0.15, 0.2) is 68.1 Å². The van der Waals surface area contributed by atoms with E-state index in [4.69, 9.17) is 2.74 Å². The maximum atomic E-state index is 12.2. The summed E-state index contributed by atoms with van der Waals surface area (Å²) in [6.07, 6.45) is -3.25. The summed E-state index contributed by atoms with van der Waals surface area (Å²) in [4.78, 5) is 14.2. The molecule has 0 unspecified atom stereocenters. The van der Waals surface area contributed by atoms with Crippen LogP contribution in [0.25, 0.3) is 0 Å². The van der Waals surface area contributed by atoms with Gasteiger partial charge in [0.2, 0.25) is 0 Å². The monoisotopic (exact) mass is 392 g/mol. The topological polar surface area (TPSA) is 26.3 Å². The number of hydrogen-bond acceptors (Lipinski definition) is 5. The van der Waals surface area contributed by atoms with E-state index in [1.807, 2.05) is 30.5 Å². The zero-order valence-electron chi connectivity index (χ0n) is 14.3. The Balaban J connectivity index is 1.98. The molecule has 24 heavy (non-hydrogen) atoms. The molecule has 0 N–H and O–H groups in total. The molecule has 128 valence electrons. The van der Waals surface area contributed by atoms with E-state index in [9.17, 15) is 18.0 Å². The molecule has 0 aliphatic heterocycles. The quantitative estimate of drug-likeness (QED) is 0.356. The summed E-state index contributed by atoms with van der Waals surface area (Å²) in [5.74, 6) is -5.38. The van der Waals surface area contributed by atoms with E-state index in [0.717, 1.165) is 14.7 Å². The van der Waals surface area contributed by atoms with Crippen LogP contribution in [0.5, 0.6) is 0 Å². The van der Waals surface area contributed by atoms with Gasteiger partial charge in [-0.05, 0) is 54.8 Å². The van der Waals surface area contributed by atoms with Crippen molar-refractivity contribution >= 4 is 41.3 Å². The van der Waals surface area contributed by atoms with Crippen molar-refractivity contribution in [1.29, 1.82) is 0 Å². The first-order chi connectivity index (χ1) is 12.1. The molecule has 2 aromatic rings. The van der Waals surface area contributed by atoms with E-state index in [1.54, 1.807) is 36.0 Å². The van der Waals surface area contributed by atoms with Gasteiger partial charge in [0.15, 0.2) is 0 Å². The van der Waals surface area contributed by atoms with Gasteiger partial charge < -0.3 is 4.74 Å². The second-order valence-electron chi connectivity index (χ2n) is 4.32. The lowest BCUT2D eigenvalue weighted by Crippen LogP contribution is -2.25. The van der Waals surface area contributed by atoms with Gasteiger partial charge in [-0.3, -0.25) is 0 Å². The summed E-state index contributed by atoms with van der Waals surface area (Å²) in [5, 5.41) is 0.